The van der Waals surface area contributed by atoms with E-state index in [-0.39, 0.29) is 12.0 Å². The minimum absolute atomic E-state index is 0.169. The summed E-state index contributed by atoms with van der Waals surface area (Å²) in [6.45, 7) is 3.89. The van der Waals surface area contributed by atoms with Gasteiger partial charge < -0.3 is 10.1 Å². The van der Waals surface area contributed by atoms with Crippen molar-refractivity contribution >= 4 is 5.97 Å². The van der Waals surface area contributed by atoms with Crippen LogP contribution in [0.3, 0.4) is 0 Å². The van der Waals surface area contributed by atoms with Gasteiger partial charge in [0.2, 0.25) is 0 Å². The number of nitrogens with one attached hydrogen (secondary N) is 1. The summed E-state index contributed by atoms with van der Waals surface area (Å²) in [6.07, 6.45) is 1.44. The van der Waals surface area contributed by atoms with E-state index in [2.05, 4.69) is 10.1 Å². The molecule has 0 aliphatic rings. The molecule has 0 fully saturated rings. The van der Waals surface area contributed by atoms with Crippen LogP contribution in [0.2, 0.25) is 0 Å². The van der Waals surface area contributed by atoms with Gasteiger partial charge in [0, 0.05) is 17.8 Å². The van der Waals surface area contributed by atoms with Gasteiger partial charge >= 0.3 is 5.97 Å². The van der Waals surface area contributed by atoms with E-state index in [1.54, 1.807) is 0 Å². The van der Waals surface area contributed by atoms with Gasteiger partial charge in [-0.3, -0.25) is 0 Å². The zero-order valence-corrected chi connectivity index (χ0v) is 9.86. The van der Waals surface area contributed by atoms with Crippen LogP contribution in [-0.4, -0.2) is 13.1 Å². The predicted octanol–water partition coefficient (Wildman–Crippen LogP) is 2.41. The number of rotatable bonds is 4. The smallest absolute Gasteiger partial charge is 0.332 e. The van der Waals surface area contributed by atoms with Crippen LogP contribution < -0.4 is 5.32 Å². The molecule has 1 aromatic rings. The number of benzene rings is 1. The van der Waals surface area contributed by atoms with Crippen LogP contribution in [0.5, 0.6) is 0 Å². The standard InChI is InChI=1S/C13H17NO2/c1-10(9-13(15)16-3)14-11(2)12-7-5-4-6-8-12/h4-9,11,14H,1-3H3/b10-9+/t11-/m0/s1. The Kier molecular flexibility index (Phi) is 4.58. The van der Waals surface area contributed by atoms with Crippen LogP contribution in [0.1, 0.15) is 25.5 Å². The zero-order valence-electron chi connectivity index (χ0n) is 9.86. The average Bonchev–Trinajstić information content (AvgIpc) is 2.29. The lowest BCUT2D eigenvalue weighted by atomic mass is 10.1. The summed E-state index contributed by atoms with van der Waals surface area (Å²) in [5.74, 6) is -0.342. The molecule has 0 aromatic heterocycles. The molecule has 1 aromatic carbocycles. The van der Waals surface area contributed by atoms with Crippen LogP contribution in [0.15, 0.2) is 42.1 Å². The van der Waals surface area contributed by atoms with Gasteiger partial charge in [-0.1, -0.05) is 30.3 Å². The third kappa shape index (κ3) is 3.77. The molecule has 0 unspecified atom stereocenters. The quantitative estimate of drug-likeness (QED) is 0.624. The third-order valence-electron chi connectivity index (χ3n) is 2.28. The molecule has 0 aliphatic heterocycles. The number of hydrogen-bond donors (Lipinski definition) is 1. The highest BCUT2D eigenvalue weighted by molar-refractivity contribution is 5.82. The molecule has 0 saturated heterocycles. The van der Waals surface area contributed by atoms with Crippen LogP contribution >= 0.6 is 0 Å². The van der Waals surface area contributed by atoms with Gasteiger partial charge in [0.1, 0.15) is 0 Å². The third-order valence-corrected chi connectivity index (χ3v) is 2.28. The molecule has 0 bridgehead atoms. The molecule has 1 N–H and O–H groups in total. The van der Waals surface area contributed by atoms with E-state index in [4.69, 9.17) is 0 Å². The summed E-state index contributed by atoms with van der Waals surface area (Å²) in [6, 6.07) is 10.2. The highest BCUT2D eigenvalue weighted by Crippen LogP contribution is 2.12. The summed E-state index contributed by atoms with van der Waals surface area (Å²) >= 11 is 0. The molecule has 3 heteroatoms. The molecule has 0 aliphatic carbocycles. The first-order chi connectivity index (χ1) is 7.63. The second kappa shape index (κ2) is 5.95. The maximum absolute atomic E-state index is 11.0. The summed E-state index contributed by atoms with van der Waals surface area (Å²) < 4.78 is 4.55. The minimum Gasteiger partial charge on any atom is -0.466 e. The largest absolute Gasteiger partial charge is 0.466 e. The Morgan fingerprint density at radius 3 is 2.56 bits per heavy atom. The van der Waals surface area contributed by atoms with Crippen molar-refractivity contribution in [3.63, 3.8) is 0 Å². The van der Waals surface area contributed by atoms with Crippen LogP contribution in [0.25, 0.3) is 0 Å². The van der Waals surface area contributed by atoms with Gasteiger partial charge in [-0.05, 0) is 19.4 Å². The summed E-state index contributed by atoms with van der Waals surface area (Å²) in [7, 11) is 1.37. The molecule has 1 atom stereocenters. The Labute approximate surface area is 96.1 Å². The van der Waals surface area contributed by atoms with Crippen molar-refractivity contribution in [2.24, 2.45) is 0 Å². The van der Waals surface area contributed by atoms with Gasteiger partial charge in [0.05, 0.1) is 7.11 Å². The maximum Gasteiger partial charge on any atom is 0.332 e. The van der Waals surface area contributed by atoms with Crippen molar-refractivity contribution in [3.05, 3.63) is 47.7 Å². The summed E-state index contributed by atoms with van der Waals surface area (Å²) in [5.41, 5.74) is 1.98. The molecule has 0 saturated carbocycles. The maximum atomic E-state index is 11.0. The Balaban J connectivity index is 2.61. The Bertz CT molecular complexity index is 371. The molecular weight excluding hydrogens is 202 g/mol. The normalized spacial score (nSPS) is 13.1. The second-order valence-electron chi connectivity index (χ2n) is 3.63. The topological polar surface area (TPSA) is 38.3 Å². The van der Waals surface area contributed by atoms with E-state index in [0.29, 0.717) is 0 Å². The molecular formula is C13H17NO2. The fourth-order valence-corrected chi connectivity index (χ4v) is 1.44. The summed E-state index contributed by atoms with van der Waals surface area (Å²) in [5, 5.41) is 3.22. The number of esters is 1. The molecule has 16 heavy (non-hydrogen) atoms. The molecule has 0 radical (unpaired) electrons. The minimum atomic E-state index is -0.342. The van der Waals surface area contributed by atoms with Gasteiger partial charge in [-0.2, -0.15) is 0 Å². The van der Waals surface area contributed by atoms with E-state index in [1.807, 2.05) is 44.2 Å². The lowest BCUT2D eigenvalue weighted by molar-refractivity contribution is -0.134. The monoisotopic (exact) mass is 219 g/mol. The fourth-order valence-electron chi connectivity index (χ4n) is 1.44. The number of carbonyl (C=O) groups excluding carboxylic acids is 1. The highest BCUT2D eigenvalue weighted by atomic mass is 16.5. The molecule has 0 heterocycles. The Morgan fingerprint density at radius 1 is 1.38 bits per heavy atom. The number of allylic oxidation sites excluding steroid dienone is 1. The van der Waals surface area contributed by atoms with E-state index < -0.39 is 0 Å². The van der Waals surface area contributed by atoms with Crippen molar-refractivity contribution in [1.29, 1.82) is 0 Å². The lowest BCUT2D eigenvalue weighted by Gasteiger charge is -2.15. The van der Waals surface area contributed by atoms with Crippen molar-refractivity contribution in [1.82, 2.24) is 5.32 Å². The summed E-state index contributed by atoms with van der Waals surface area (Å²) in [4.78, 5) is 11.0. The SMILES string of the molecule is COC(=O)/C=C(\C)N[C@@H](C)c1ccccc1. The molecule has 3 nitrogen and oxygen atoms in total. The first-order valence-corrected chi connectivity index (χ1v) is 5.21. The van der Waals surface area contributed by atoms with Gasteiger partial charge in [0.25, 0.3) is 0 Å². The Hall–Kier alpha value is -1.77. The molecule has 0 spiro atoms. The highest BCUT2D eigenvalue weighted by Gasteiger charge is 2.04. The predicted molar refractivity (Wildman–Crippen MR) is 63.8 cm³/mol. The number of carbonyl (C=O) groups is 1. The van der Waals surface area contributed by atoms with E-state index >= 15 is 0 Å². The van der Waals surface area contributed by atoms with Crippen LogP contribution in [0.4, 0.5) is 0 Å². The first-order valence-electron chi connectivity index (χ1n) is 5.21. The van der Waals surface area contributed by atoms with Crippen molar-refractivity contribution in [2.45, 2.75) is 19.9 Å². The Morgan fingerprint density at radius 2 is 2.00 bits per heavy atom. The first kappa shape index (κ1) is 12.3. The van der Waals surface area contributed by atoms with E-state index in [9.17, 15) is 4.79 Å². The van der Waals surface area contributed by atoms with Crippen LogP contribution in [-0.2, 0) is 9.53 Å². The van der Waals surface area contributed by atoms with Crippen molar-refractivity contribution in [2.75, 3.05) is 7.11 Å². The average molecular weight is 219 g/mol. The van der Waals surface area contributed by atoms with Gasteiger partial charge in [-0.15, -0.1) is 0 Å². The van der Waals surface area contributed by atoms with E-state index in [1.165, 1.54) is 18.7 Å². The van der Waals surface area contributed by atoms with Crippen LogP contribution in [0, 0.1) is 0 Å². The zero-order chi connectivity index (χ0) is 12.0. The number of ether oxygens (including phenoxy) is 1. The molecule has 1 rings (SSSR count). The molecule has 86 valence electrons. The van der Waals surface area contributed by atoms with Crippen molar-refractivity contribution < 1.29 is 9.53 Å². The van der Waals surface area contributed by atoms with Gasteiger partial charge in [0.15, 0.2) is 0 Å². The second-order valence-corrected chi connectivity index (χ2v) is 3.63. The lowest BCUT2D eigenvalue weighted by Crippen LogP contribution is -2.17. The van der Waals surface area contributed by atoms with Crippen molar-refractivity contribution in [3.8, 4) is 0 Å². The number of hydrogen-bond acceptors (Lipinski definition) is 3. The number of methoxy groups -OCH3 is 1. The molecule has 0 amide bonds. The van der Waals surface area contributed by atoms with Gasteiger partial charge in [-0.25, -0.2) is 4.79 Å². The van der Waals surface area contributed by atoms with E-state index in [0.717, 1.165) is 5.70 Å². The fraction of sp³-hybridized carbons (Fsp3) is 0.308.